The van der Waals surface area contributed by atoms with Crippen LogP contribution in [-0.2, 0) is 4.79 Å². The minimum Gasteiger partial charge on any atom is -0.352 e. The van der Waals surface area contributed by atoms with Gasteiger partial charge in [-0.25, -0.2) is 0 Å². The van der Waals surface area contributed by atoms with Crippen LogP contribution in [0.4, 0.5) is 0 Å². The molecule has 2 aliphatic rings. The molecule has 0 spiro atoms. The monoisotopic (exact) mass is 154 g/mol. The van der Waals surface area contributed by atoms with Crippen molar-refractivity contribution in [2.45, 2.75) is 25.3 Å². The second-order valence-corrected chi connectivity index (χ2v) is 3.49. The lowest BCUT2D eigenvalue weighted by molar-refractivity contribution is -0.124. The lowest BCUT2D eigenvalue weighted by Gasteiger charge is -2.14. The molecule has 2 saturated heterocycles. The van der Waals surface area contributed by atoms with Crippen LogP contribution in [0.5, 0.6) is 0 Å². The predicted octanol–water partition coefficient (Wildman–Crippen LogP) is -0.126. The van der Waals surface area contributed by atoms with Gasteiger partial charge in [0, 0.05) is 19.1 Å². The average molecular weight is 154 g/mol. The van der Waals surface area contributed by atoms with E-state index in [4.69, 9.17) is 0 Å². The molecule has 2 bridgehead atoms. The second kappa shape index (κ2) is 2.81. The molecule has 1 amide bonds. The molecule has 3 heteroatoms. The molecule has 2 aliphatic heterocycles. The van der Waals surface area contributed by atoms with Crippen molar-refractivity contribution in [1.29, 1.82) is 0 Å². The maximum atomic E-state index is 11.3. The van der Waals surface area contributed by atoms with Gasteiger partial charge in [0.15, 0.2) is 0 Å². The van der Waals surface area contributed by atoms with E-state index in [1.165, 1.54) is 6.42 Å². The number of hydrogen-bond donors (Lipinski definition) is 2. The molecule has 2 N–H and O–H groups in total. The van der Waals surface area contributed by atoms with E-state index in [-0.39, 0.29) is 11.8 Å². The zero-order chi connectivity index (χ0) is 7.68. The SMILES string of the molecule is O=C1NC2CCCC1CNC2. The number of hydrogen-bond acceptors (Lipinski definition) is 2. The Bertz CT molecular complexity index is 159. The first-order valence-electron chi connectivity index (χ1n) is 4.37. The van der Waals surface area contributed by atoms with Crippen LogP contribution in [0.1, 0.15) is 19.3 Å². The fraction of sp³-hybridized carbons (Fsp3) is 0.875. The van der Waals surface area contributed by atoms with Crippen molar-refractivity contribution in [2.24, 2.45) is 5.92 Å². The van der Waals surface area contributed by atoms with Crippen molar-refractivity contribution < 1.29 is 4.79 Å². The number of carbonyl (C=O) groups excluding carboxylic acids is 1. The Balaban J connectivity index is 2.14. The Hall–Kier alpha value is -0.570. The van der Waals surface area contributed by atoms with Crippen LogP contribution < -0.4 is 10.6 Å². The quantitative estimate of drug-likeness (QED) is 0.510. The van der Waals surface area contributed by atoms with Crippen LogP contribution in [0.2, 0.25) is 0 Å². The first-order chi connectivity index (χ1) is 5.36. The molecule has 2 heterocycles. The summed E-state index contributed by atoms with van der Waals surface area (Å²) < 4.78 is 0. The molecule has 2 fully saturated rings. The van der Waals surface area contributed by atoms with Gasteiger partial charge in [0.2, 0.25) is 5.91 Å². The van der Waals surface area contributed by atoms with Crippen molar-refractivity contribution in [3.05, 3.63) is 0 Å². The third-order valence-electron chi connectivity index (χ3n) is 2.60. The summed E-state index contributed by atoms with van der Waals surface area (Å²) in [5.74, 6) is 0.500. The summed E-state index contributed by atoms with van der Waals surface area (Å²) in [6.45, 7) is 1.84. The summed E-state index contributed by atoms with van der Waals surface area (Å²) in [5, 5.41) is 6.34. The number of nitrogens with one attached hydrogen (secondary N) is 2. The van der Waals surface area contributed by atoms with E-state index >= 15 is 0 Å². The molecule has 0 aromatic rings. The smallest absolute Gasteiger partial charge is 0.224 e. The van der Waals surface area contributed by atoms with Gasteiger partial charge in [-0.15, -0.1) is 0 Å². The number of rotatable bonds is 0. The summed E-state index contributed by atoms with van der Waals surface area (Å²) in [6.07, 6.45) is 3.42. The van der Waals surface area contributed by atoms with Gasteiger partial charge in [0.25, 0.3) is 0 Å². The molecule has 0 aliphatic carbocycles. The van der Waals surface area contributed by atoms with Gasteiger partial charge in [-0.1, -0.05) is 6.42 Å². The van der Waals surface area contributed by atoms with Crippen molar-refractivity contribution in [3.63, 3.8) is 0 Å². The third-order valence-corrected chi connectivity index (χ3v) is 2.60. The van der Waals surface area contributed by atoms with E-state index in [2.05, 4.69) is 10.6 Å². The van der Waals surface area contributed by atoms with Gasteiger partial charge >= 0.3 is 0 Å². The fourth-order valence-electron chi connectivity index (χ4n) is 1.91. The topological polar surface area (TPSA) is 41.1 Å². The molecule has 11 heavy (non-hydrogen) atoms. The standard InChI is InChI=1S/C8H14N2O/c11-8-6-2-1-3-7(10-8)5-9-4-6/h6-7,9H,1-5H2,(H,10,11). The van der Waals surface area contributed by atoms with Crippen molar-refractivity contribution >= 4 is 5.91 Å². The summed E-state index contributed by atoms with van der Waals surface area (Å²) in [5.41, 5.74) is 0. The molecule has 62 valence electrons. The summed E-state index contributed by atoms with van der Waals surface area (Å²) in [6, 6.07) is 0.398. The highest BCUT2D eigenvalue weighted by molar-refractivity contribution is 5.79. The molecule has 2 unspecified atom stereocenters. The van der Waals surface area contributed by atoms with Gasteiger partial charge in [0.05, 0.1) is 5.92 Å². The van der Waals surface area contributed by atoms with Gasteiger partial charge in [-0.3, -0.25) is 4.79 Å². The molecular weight excluding hydrogens is 140 g/mol. The Morgan fingerprint density at radius 1 is 1.27 bits per heavy atom. The van der Waals surface area contributed by atoms with Crippen LogP contribution in [0.3, 0.4) is 0 Å². The lowest BCUT2D eigenvalue weighted by Crippen LogP contribution is -2.37. The Labute approximate surface area is 66.5 Å². The maximum Gasteiger partial charge on any atom is 0.224 e. The van der Waals surface area contributed by atoms with Gasteiger partial charge < -0.3 is 10.6 Å². The highest BCUT2D eigenvalue weighted by Gasteiger charge is 2.27. The fourth-order valence-corrected chi connectivity index (χ4v) is 1.91. The van der Waals surface area contributed by atoms with E-state index in [0.717, 1.165) is 25.9 Å². The van der Waals surface area contributed by atoms with Crippen LogP contribution in [0.25, 0.3) is 0 Å². The molecule has 0 aromatic heterocycles. The molecule has 2 rings (SSSR count). The zero-order valence-corrected chi connectivity index (χ0v) is 6.60. The molecule has 3 nitrogen and oxygen atoms in total. The van der Waals surface area contributed by atoms with Crippen LogP contribution in [0, 0.1) is 5.92 Å². The van der Waals surface area contributed by atoms with Crippen LogP contribution in [0.15, 0.2) is 0 Å². The second-order valence-electron chi connectivity index (χ2n) is 3.49. The molecule has 2 atom stereocenters. The van der Waals surface area contributed by atoms with Crippen LogP contribution >= 0.6 is 0 Å². The molecule has 0 aromatic carbocycles. The minimum absolute atomic E-state index is 0.238. The minimum atomic E-state index is 0.238. The normalized spacial score (nSPS) is 37.6. The lowest BCUT2D eigenvalue weighted by atomic mass is 10.0. The third kappa shape index (κ3) is 1.38. The van der Waals surface area contributed by atoms with E-state index in [0.29, 0.717) is 6.04 Å². The maximum absolute atomic E-state index is 11.3. The Morgan fingerprint density at radius 2 is 2.18 bits per heavy atom. The van der Waals surface area contributed by atoms with Crippen molar-refractivity contribution in [2.75, 3.05) is 13.1 Å². The molecule has 0 saturated carbocycles. The first kappa shape index (κ1) is 7.10. The summed E-state index contributed by atoms with van der Waals surface area (Å²) >= 11 is 0. The number of fused-ring (bicyclic) bond motifs is 3. The first-order valence-corrected chi connectivity index (χ1v) is 4.37. The Morgan fingerprint density at radius 3 is 3.09 bits per heavy atom. The van der Waals surface area contributed by atoms with Crippen LogP contribution in [-0.4, -0.2) is 25.0 Å². The zero-order valence-electron chi connectivity index (χ0n) is 6.60. The number of amides is 1. The molecule has 0 radical (unpaired) electrons. The molecular formula is C8H14N2O. The number of carbonyl (C=O) groups is 1. The van der Waals surface area contributed by atoms with E-state index in [9.17, 15) is 4.79 Å². The average Bonchev–Trinajstić information content (AvgIpc) is 2.16. The van der Waals surface area contributed by atoms with Crippen molar-refractivity contribution in [3.8, 4) is 0 Å². The predicted molar refractivity (Wildman–Crippen MR) is 42.1 cm³/mol. The van der Waals surface area contributed by atoms with Gasteiger partial charge in [-0.2, -0.15) is 0 Å². The highest BCUT2D eigenvalue weighted by atomic mass is 16.2. The van der Waals surface area contributed by atoms with E-state index in [1.807, 2.05) is 0 Å². The van der Waals surface area contributed by atoms with Gasteiger partial charge in [-0.05, 0) is 12.8 Å². The summed E-state index contributed by atoms with van der Waals surface area (Å²) in [4.78, 5) is 11.3. The Kier molecular flexibility index (Phi) is 1.82. The van der Waals surface area contributed by atoms with E-state index < -0.39 is 0 Å². The highest BCUT2D eigenvalue weighted by Crippen LogP contribution is 2.17. The summed E-state index contributed by atoms with van der Waals surface area (Å²) in [7, 11) is 0. The van der Waals surface area contributed by atoms with Crippen molar-refractivity contribution in [1.82, 2.24) is 10.6 Å². The van der Waals surface area contributed by atoms with Gasteiger partial charge in [0.1, 0.15) is 0 Å². The largest absolute Gasteiger partial charge is 0.352 e. The van der Waals surface area contributed by atoms with E-state index in [1.54, 1.807) is 0 Å².